The summed E-state index contributed by atoms with van der Waals surface area (Å²) in [6.45, 7) is 12.8. The monoisotopic (exact) mass is 487 g/mol. The van der Waals surface area contributed by atoms with Crippen LogP contribution in [0.2, 0.25) is 0 Å². The first-order chi connectivity index (χ1) is 15.6. The highest BCUT2D eigenvalue weighted by Crippen LogP contribution is 2.24. The zero-order valence-electron chi connectivity index (χ0n) is 21.5. The van der Waals surface area contributed by atoms with E-state index in [0.717, 1.165) is 32.8 Å². The Morgan fingerprint density at radius 1 is 1.00 bits per heavy atom. The number of carbonyl (C=O) groups excluding carboxylic acids is 2. The van der Waals surface area contributed by atoms with Crippen molar-refractivity contribution in [3.8, 4) is 0 Å². The van der Waals surface area contributed by atoms with E-state index in [-0.39, 0.29) is 12.5 Å². The number of aryl methyl sites for hydroxylation is 3. The van der Waals surface area contributed by atoms with Crippen LogP contribution in [0, 0.1) is 20.8 Å². The predicted octanol–water partition coefficient (Wildman–Crippen LogP) is 3.71. The van der Waals surface area contributed by atoms with Gasteiger partial charge in [0.05, 0.1) is 11.9 Å². The van der Waals surface area contributed by atoms with Gasteiger partial charge in [0.1, 0.15) is 12.6 Å². The van der Waals surface area contributed by atoms with Gasteiger partial charge in [-0.1, -0.05) is 47.5 Å². The third-order valence-corrected chi connectivity index (χ3v) is 6.53. The Bertz CT molecular complexity index is 1150. The maximum Gasteiger partial charge on any atom is 0.244 e. The lowest BCUT2D eigenvalue weighted by atomic mass is 10.1. The minimum Gasteiger partial charge on any atom is -0.350 e. The number of nitrogens with zero attached hydrogens (tertiary/aromatic N) is 2. The molecule has 0 aliphatic heterocycles. The van der Waals surface area contributed by atoms with Crippen LogP contribution in [0.15, 0.2) is 42.5 Å². The average molecular weight is 488 g/mol. The van der Waals surface area contributed by atoms with E-state index in [1.165, 1.54) is 4.90 Å². The minimum atomic E-state index is -3.75. The highest BCUT2D eigenvalue weighted by Gasteiger charge is 2.31. The van der Waals surface area contributed by atoms with Crippen molar-refractivity contribution >= 4 is 27.5 Å². The molecule has 0 saturated carbocycles. The van der Waals surface area contributed by atoms with E-state index in [9.17, 15) is 18.0 Å². The average Bonchev–Trinajstić information content (AvgIpc) is 2.68. The van der Waals surface area contributed by atoms with Crippen LogP contribution in [0.1, 0.15) is 49.9 Å². The molecule has 1 unspecified atom stereocenters. The van der Waals surface area contributed by atoms with Crippen molar-refractivity contribution in [3.63, 3.8) is 0 Å². The summed E-state index contributed by atoms with van der Waals surface area (Å²) in [6, 6.07) is 12.3. The number of hydrogen-bond donors (Lipinski definition) is 1. The molecule has 1 N–H and O–H groups in total. The molecule has 0 radical (unpaired) electrons. The molecule has 7 nitrogen and oxygen atoms in total. The second-order valence-electron chi connectivity index (χ2n) is 9.99. The third kappa shape index (κ3) is 7.58. The van der Waals surface area contributed by atoms with Crippen molar-refractivity contribution in [2.75, 3.05) is 17.1 Å². The zero-order valence-corrected chi connectivity index (χ0v) is 22.3. The Hall–Kier alpha value is -2.87. The van der Waals surface area contributed by atoms with E-state index >= 15 is 0 Å². The van der Waals surface area contributed by atoms with Crippen LogP contribution >= 0.6 is 0 Å². The molecule has 0 aromatic heterocycles. The summed E-state index contributed by atoms with van der Waals surface area (Å²) in [4.78, 5) is 28.0. The number of benzene rings is 2. The summed E-state index contributed by atoms with van der Waals surface area (Å²) in [6.07, 6.45) is 1.08. The molecule has 0 fully saturated rings. The molecule has 0 aliphatic rings. The van der Waals surface area contributed by atoms with Gasteiger partial charge in [-0.2, -0.15) is 0 Å². The SMILES string of the molecule is Cc1cccc(CN(C(=O)CN(c2ccc(C)cc2C)S(C)(=O)=O)C(C)C(=O)NC(C)(C)C)c1. The van der Waals surface area contributed by atoms with Crippen LogP contribution < -0.4 is 9.62 Å². The van der Waals surface area contributed by atoms with Gasteiger partial charge in [-0.05, 0) is 65.7 Å². The van der Waals surface area contributed by atoms with Crippen LogP contribution in [0.25, 0.3) is 0 Å². The quantitative estimate of drug-likeness (QED) is 0.615. The molecule has 2 aromatic rings. The number of carbonyl (C=O) groups is 2. The lowest BCUT2D eigenvalue weighted by Crippen LogP contribution is -2.54. The minimum absolute atomic E-state index is 0.184. The maximum absolute atomic E-state index is 13.6. The van der Waals surface area contributed by atoms with Gasteiger partial charge in [0.15, 0.2) is 0 Å². The van der Waals surface area contributed by atoms with Crippen molar-refractivity contribution in [3.05, 3.63) is 64.7 Å². The first kappa shape index (κ1) is 27.4. The van der Waals surface area contributed by atoms with E-state index in [1.54, 1.807) is 13.0 Å². The number of sulfonamides is 1. The predicted molar refractivity (Wildman–Crippen MR) is 137 cm³/mol. The lowest BCUT2D eigenvalue weighted by Gasteiger charge is -2.33. The second-order valence-corrected chi connectivity index (χ2v) is 11.9. The van der Waals surface area contributed by atoms with Crippen LogP contribution in [-0.2, 0) is 26.2 Å². The van der Waals surface area contributed by atoms with E-state index < -0.39 is 34.1 Å². The molecule has 2 aromatic carbocycles. The summed E-state index contributed by atoms with van der Waals surface area (Å²) in [5.41, 5.74) is 3.62. The van der Waals surface area contributed by atoms with Gasteiger partial charge in [0.2, 0.25) is 21.8 Å². The Morgan fingerprint density at radius 3 is 2.15 bits per heavy atom. The maximum atomic E-state index is 13.6. The smallest absolute Gasteiger partial charge is 0.244 e. The van der Waals surface area contributed by atoms with Gasteiger partial charge in [-0.25, -0.2) is 8.42 Å². The molecule has 0 aliphatic carbocycles. The first-order valence-electron chi connectivity index (χ1n) is 11.3. The first-order valence-corrected chi connectivity index (χ1v) is 13.2. The number of nitrogens with one attached hydrogen (secondary N) is 1. The fraction of sp³-hybridized carbons (Fsp3) is 0.462. The van der Waals surface area contributed by atoms with Crippen molar-refractivity contribution < 1.29 is 18.0 Å². The highest BCUT2D eigenvalue weighted by molar-refractivity contribution is 7.92. The largest absolute Gasteiger partial charge is 0.350 e. The Labute approximate surface area is 204 Å². The molecule has 1 atom stereocenters. The van der Waals surface area contributed by atoms with Gasteiger partial charge in [-0.15, -0.1) is 0 Å². The van der Waals surface area contributed by atoms with Gasteiger partial charge in [0, 0.05) is 12.1 Å². The van der Waals surface area contributed by atoms with Crippen molar-refractivity contribution in [1.29, 1.82) is 0 Å². The Kier molecular flexibility index (Phi) is 8.53. The van der Waals surface area contributed by atoms with E-state index in [0.29, 0.717) is 5.69 Å². The van der Waals surface area contributed by atoms with Gasteiger partial charge < -0.3 is 10.2 Å². The van der Waals surface area contributed by atoms with E-state index in [4.69, 9.17) is 0 Å². The molecular weight excluding hydrogens is 450 g/mol. The number of amides is 2. The van der Waals surface area contributed by atoms with E-state index in [1.807, 2.05) is 77.9 Å². The second kappa shape index (κ2) is 10.6. The van der Waals surface area contributed by atoms with Crippen LogP contribution in [0.3, 0.4) is 0 Å². The summed E-state index contributed by atoms with van der Waals surface area (Å²) >= 11 is 0. The van der Waals surface area contributed by atoms with Gasteiger partial charge >= 0.3 is 0 Å². The highest BCUT2D eigenvalue weighted by atomic mass is 32.2. The van der Waals surface area contributed by atoms with Crippen molar-refractivity contribution in [1.82, 2.24) is 10.2 Å². The summed E-state index contributed by atoms with van der Waals surface area (Å²) in [5, 5.41) is 2.92. The third-order valence-electron chi connectivity index (χ3n) is 5.40. The van der Waals surface area contributed by atoms with Crippen LogP contribution in [-0.4, -0.2) is 49.5 Å². The molecule has 34 heavy (non-hydrogen) atoms. The summed E-state index contributed by atoms with van der Waals surface area (Å²) in [5.74, 6) is -0.755. The summed E-state index contributed by atoms with van der Waals surface area (Å²) in [7, 11) is -3.75. The molecular formula is C26H37N3O4S. The molecule has 8 heteroatoms. The Balaban J connectivity index is 2.44. The fourth-order valence-electron chi connectivity index (χ4n) is 3.74. The molecule has 0 spiro atoms. The molecule has 0 bridgehead atoms. The Morgan fingerprint density at radius 2 is 1.62 bits per heavy atom. The standard InChI is InChI=1S/C26H37N3O4S/c1-18-10-9-11-22(15-18)16-28(21(4)25(31)27-26(5,6)7)24(30)17-29(34(8,32)33)23-13-12-19(2)14-20(23)3/h9-15,21H,16-17H2,1-8H3,(H,27,31). The molecule has 0 heterocycles. The zero-order chi connectivity index (χ0) is 25.8. The number of hydrogen-bond acceptors (Lipinski definition) is 4. The van der Waals surface area contributed by atoms with Crippen LogP contribution in [0.4, 0.5) is 5.69 Å². The molecule has 2 amide bonds. The topological polar surface area (TPSA) is 86.8 Å². The number of rotatable bonds is 8. The summed E-state index contributed by atoms with van der Waals surface area (Å²) < 4.78 is 26.5. The van der Waals surface area contributed by atoms with Crippen LogP contribution in [0.5, 0.6) is 0 Å². The molecule has 186 valence electrons. The van der Waals surface area contributed by atoms with Gasteiger partial charge in [0.25, 0.3) is 0 Å². The normalized spacial score (nSPS) is 12.7. The lowest BCUT2D eigenvalue weighted by molar-refractivity contribution is -0.140. The molecule has 0 saturated heterocycles. The molecule has 2 rings (SSSR count). The number of anilines is 1. The van der Waals surface area contributed by atoms with Crippen molar-refractivity contribution in [2.45, 2.75) is 66.6 Å². The van der Waals surface area contributed by atoms with Gasteiger partial charge in [-0.3, -0.25) is 13.9 Å². The fourth-order valence-corrected chi connectivity index (χ4v) is 4.65. The van der Waals surface area contributed by atoms with E-state index in [2.05, 4.69) is 5.32 Å². The van der Waals surface area contributed by atoms with Crippen molar-refractivity contribution in [2.24, 2.45) is 0 Å².